The Morgan fingerprint density at radius 1 is 0.913 bits per heavy atom. The van der Waals surface area contributed by atoms with E-state index >= 15 is 0 Å². The van der Waals surface area contributed by atoms with Crippen LogP contribution in [0.1, 0.15) is 37.5 Å². The molecule has 0 aliphatic carbocycles. The highest BCUT2D eigenvalue weighted by molar-refractivity contribution is 5.72. The summed E-state index contributed by atoms with van der Waals surface area (Å²) in [5.74, 6) is 2.91. The standard InChI is InChI=1S/C23H24/c1-6-23(18(3)16-21-14-12-17(2)13-15-21)20(5)19(4)22-10-8-7-9-11-22/h1,7-15H,16H2,2-5H3/b20-19+,23-18-. The van der Waals surface area contributed by atoms with Gasteiger partial charge in [0.1, 0.15) is 0 Å². The molecule has 0 fully saturated rings. The van der Waals surface area contributed by atoms with Crippen LogP contribution in [-0.4, -0.2) is 0 Å². The van der Waals surface area contributed by atoms with E-state index in [0.29, 0.717) is 0 Å². The molecule has 0 saturated carbocycles. The van der Waals surface area contributed by atoms with Gasteiger partial charge in [-0.25, -0.2) is 0 Å². The molecule has 0 amide bonds. The zero-order valence-electron chi connectivity index (χ0n) is 14.5. The number of benzene rings is 2. The lowest BCUT2D eigenvalue weighted by Crippen LogP contribution is -1.96. The Morgan fingerprint density at radius 3 is 2.09 bits per heavy atom. The molecule has 23 heavy (non-hydrogen) atoms. The van der Waals surface area contributed by atoms with Crippen LogP contribution in [0, 0.1) is 19.3 Å². The Hall–Kier alpha value is -2.52. The first kappa shape index (κ1) is 16.8. The van der Waals surface area contributed by atoms with Gasteiger partial charge in [0.05, 0.1) is 0 Å². The third-order valence-electron chi connectivity index (χ3n) is 4.31. The molecule has 0 unspecified atom stereocenters. The van der Waals surface area contributed by atoms with Crippen molar-refractivity contribution in [3.8, 4) is 12.3 Å². The quantitative estimate of drug-likeness (QED) is 0.481. The van der Waals surface area contributed by atoms with Crippen LogP contribution in [0.2, 0.25) is 0 Å². The lowest BCUT2D eigenvalue weighted by Gasteiger charge is -2.12. The Bertz CT molecular complexity index is 763. The first-order valence-electron chi connectivity index (χ1n) is 7.98. The van der Waals surface area contributed by atoms with Gasteiger partial charge in [-0.1, -0.05) is 71.7 Å². The summed E-state index contributed by atoms with van der Waals surface area (Å²) in [7, 11) is 0. The van der Waals surface area contributed by atoms with Gasteiger partial charge >= 0.3 is 0 Å². The number of aryl methyl sites for hydroxylation is 1. The molecule has 2 aromatic carbocycles. The highest BCUT2D eigenvalue weighted by atomic mass is 14.1. The summed E-state index contributed by atoms with van der Waals surface area (Å²) < 4.78 is 0. The molecule has 2 rings (SSSR count). The maximum atomic E-state index is 5.83. The summed E-state index contributed by atoms with van der Waals surface area (Å²) in [6.07, 6.45) is 6.71. The summed E-state index contributed by atoms with van der Waals surface area (Å²) in [5, 5.41) is 0. The normalized spacial score (nSPS) is 13.0. The zero-order chi connectivity index (χ0) is 16.8. The van der Waals surface area contributed by atoms with Gasteiger partial charge < -0.3 is 0 Å². The van der Waals surface area contributed by atoms with E-state index in [4.69, 9.17) is 6.42 Å². The van der Waals surface area contributed by atoms with Crippen LogP contribution >= 0.6 is 0 Å². The monoisotopic (exact) mass is 300 g/mol. The third kappa shape index (κ3) is 4.24. The van der Waals surface area contributed by atoms with Gasteiger partial charge in [0.2, 0.25) is 0 Å². The molecule has 0 atom stereocenters. The minimum absolute atomic E-state index is 0.888. The van der Waals surface area contributed by atoms with Crippen LogP contribution in [0.25, 0.3) is 5.57 Å². The van der Waals surface area contributed by atoms with Gasteiger partial charge in [-0.15, -0.1) is 6.42 Å². The predicted octanol–water partition coefficient (Wildman–Crippen LogP) is 5.98. The molecule has 0 nitrogen and oxygen atoms in total. The Kier molecular flexibility index (Phi) is 5.61. The van der Waals surface area contributed by atoms with Crippen molar-refractivity contribution < 1.29 is 0 Å². The number of allylic oxidation sites excluding steroid dienone is 4. The van der Waals surface area contributed by atoms with Crippen molar-refractivity contribution in [1.82, 2.24) is 0 Å². The van der Waals surface area contributed by atoms with Gasteiger partial charge in [-0.3, -0.25) is 0 Å². The van der Waals surface area contributed by atoms with Crippen LogP contribution in [0.5, 0.6) is 0 Å². The molecule has 0 saturated heterocycles. The lowest BCUT2D eigenvalue weighted by molar-refractivity contribution is 1.11. The molecule has 0 spiro atoms. The SMILES string of the molecule is C#CC(=C(\C)Cc1ccc(C)cc1)/C(C)=C(\C)c1ccccc1. The van der Waals surface area contributed by atoms with Crippen molar-refractivity contribution >= 4 is 5.57 Å². The smallest absolute Gasteiger partial charge is 0.0267 e. The maximum Gasteiger partial charge on any atom is 0.0267 e. The average molecular weight is 300 g/mol. The molecular formula is C23H24. The van der Waals surface area contributed by atoms with E-state index in [0.717, 1.165) is 12.0 Å². The van der Waals surface area contributed by atoms with Crippen molar-refractivity contribution in [1.29, 1.82) is 0 Å². The van der Waals surface area contributed by atoms with Crippen molar-refractivity contribution in [2.45, 2.75) is 34.1 Å². The number of hydrogen-bond donors (Lipinski definition) is 0. The van der Waals surface area contributed by atoms with Crippen LogP contribution in [-0.2, 0) is 6.42 Å². The van der Waals surface area contributed by atoms with E-state index in [1.807, 2.05) is 6.07 Å². The Balaban J connectivity index is 2.37. The molecule has 0 heterocycles. The molecule has 0 radical (unpaired) electrons. The largest absolute Gasteiger partial charge is 0.115 e. The van der Waals surface area contributed by atoms with Gasteiger partial charge in [0.25, 0.3) is 0 Å². The molecule has 0 aliphatic heterocycles. The maximum absolute atomic E-state index is 5.83. The minimum atomic E-state index is 0.888. The summed E-state index contributed by atoms with van der Waals surface area (Å²) in [5.41, 5.74) is 8.48. The van der Waals surface area contributed by atoms with Crippen molar-refractivity contribution in [2.24, 2.45) is 0 Å². The third-order valence-corrected chi connectivity index (χ3v) is 4.31. The van der Waals surface area contributed by atoms with Crippen LogP contribution < -0.4 is 0 Å². The molecule has 116 valence electrons. The van der Waals surface area contributed by atoms with Crippen molar-refractivity contribution in [3.63, 3.8) is 0 Å². The summed E-state index contributed by atoms with van der Waals surface area (Å²) >= 11 is 0. The van der Waals surface area contributed by atoms with Crippen LogP contribution in [0.15, 0.2) is 71.3 Å². The molecule has 2 aromatic rings. The van der Waals surface area contributed by atoms with Gasteiger partial charge in [-0.2, -0.15) is 0 Å². The van der Waals surface area contributed by atoms with E-state index < -0.39 is 0 Å². The Labute approximate surface area is 140 Å². The first-order valence-corrected chi connectivity index (χ1v) is 7.98. The summed E-state index contributed by atoms with van der Waals surface area (Å²) in [6, 6.07) is 19.1. The van der Waals surface area contributed by atoms with Gasteiger partial charge in [-0.05, 0) is 56.4 Å². The predicted molar refractivity (Wildman–Crippen MR) is 101 cm³/mol. The van der Waals surface area contributed by atoms with Gasteiger partial charge in [0, 0.05) is 5.57 Å². The number of terminal acetylenes is 1. The fourth-order valence-electron chi connectivity index (χ4n) is 2.74. The second-order valence-electron chi connectivity index (χ2n) is 6.08. The van der Waals surface area contributed by atoms with E-state index in [-0.39, 0.29) is 0 Å². The highest BCUT2D eigenvalue weighted by Gasteiger charge is 2.08. The molecule has 0 N–H and O–H groups in total. The summed E-state index contributed by atoms with van der Waals surface area (Å²) in [6.45, 7) is 8.50. The number of rotatable bonds is 4. The zero-order valence-corrected chi connectivity index (χ0v) is 14.5. The number of hydrogen-bond acceptors (Lipinski definition) is 0. The summed E-state index contributed by atoms with van der Waals surface area (Å²) in [4.78, 5) is 0. The fourth-order valence-corrected chi connectivity index (χ4v) is 2.74. The van der Waals surface area contributed by atoms with E-state index in [1.54, 1.807) is 0 Å². The Morgan fingerprint density at radius 2 is 1.52 bits per heavy atom. The van der Waals surface area contributed by atoms with E-state index in [2.05, 4.69) is 82.1 Å². The average Bonchev–Trinajstić information content (AvgIpc) is 2.57. The first-order chi connectivity index (χ1) is 11.0. The van der Waals surface area contributed by atoms with Crippen LogP contribution in [0.3, 0.4) is 0 Å². The van der Waals surface area contributed by atoms with Crippen molar-refractivity contribution in [3.05, 3.63) is 88.0 Å². The topological polar surface area (TPSA) is 0 Å². The highest BCUT2D eigenvalue weighted by Crippen LogP contribution is 2.26. The molecule has 0 aliphatic rings. The van der Waals surface area contributed by atoms with Crippen LogP contribution in [0.4, 0.5) is 0 Å². The molecular weight excluding hydrogens is 276 g/mol. The molecule has 0 aromatic heterocycles. The minimum Gasteiger partial charge on any atom is -0.115 e. The second kappa shape index (κ2) is 7.65. The second-order valence-corrected chi connectivity index (χ2v) is 6.08. The fraction of sp³-hybridized carbons (Fsp3) is 0.217. The van der Waals surface area contributed by atoms with E-state index in [1.165, 1.54) is 33.4 Å². The van der Waals surface area contributed by atoms with E-state index in [9.17, 15) is 0 Å². The lowest BCUT2D eigenvalue weighted by atomic mass is 9.92. The molecule has 0 bridgehead atoms. The van der Waals surface area contributed by atoms with Gasteiger partial charge in [0.15, 0.2) is 0 Å². The molecule has 0 heteroatoms. The van der Waals surface area contributed by atoms with Crippen molar-refractivity contribution in [2.75, 3.05) is 0 Å².